The molecule has 2 N–H and O–H groups in total. The lowest BCUT2D eigenvalue weighted by Crippen LogP contribution is -2.35. The summed E-state index contributed by atoms with van der Waals surface area (Å²) in [5.74, 6) is 1.05. The lowest BCUT2D eigenvalue weighted by Gasteiger charge is -2.25. The van der Waals surface area contributed by atoms with Crippen LogP contribution < -0.4 is 15.2 Å². The predicted octanol–water partition coefficient (Wildman–Crippen LogP) is 2.48. The summed E-state index contributed by atoms with van der Waals surface area (Å²) in [6.45, 7) is 2.36. The zero-order valence-corrected chi connectivity index (χ0v) is 14.1. The first-order valence-electron chi connectivity index (χ1n) is 7.71. The van der Waals surface area contributed by atoms with Gasteiger partial charge in [-0.05, 0) is 17.7 Å². The van der Waals surface area contributed by atoms with E-state index in [1.807, 2.05) is 42.5 Å². The second-order valence-electron chi connectivity index (χ2n) is 5.33. The fraction of sp³-hybridized carbons (Fsp3) is 0.278. The highest BCUT2D eigenvalue weighted by Crippen LogP contribution is 2.34. The fourth-order valence-corrected chi connectivity index (χ4v) is 2.62. The van der Waals surface area contributed by atoms with Crippen LogP contribution in [0.1, 0.15) is 15.9 Å². The Kier molecular flexibility index (Phi) is 6.46. The maximum Gasteiger partial charge on any atom is 0.258 e. The smallest absolute Gasteiger partial charge is 0.258 e. The third-order valence-corrected chi connectivity index (χ3v) is 3.70. The van der Waals surface area contributed by atoms with Crippen LogP contribution >= 0.6 is 12.4 Å². The molecule has 0 atom stereocenters. The van der Waals surface area contributed by atoms with E-state index in [1.54, 1.807) is 11.0 Å². The molecule has 0 aliphatic carbocycles. The molecule has 2 aromatic carbocycles. The number of nitrogens with zero attached hydrogens (tertiary/aromatic N) is 1. The highest BCUT2D eigenvalue weighted by Gasteiger charge is 2.24. The van der Waals surface area contributed by atoms with E-state index in [-0.39, 0.29) is 18.3 Å². The van der Waals surface area contributed by atoms with Crippen molar-refractivity contribution in [1.29, 1.82) is 0 Å². The Morgan fingerprint density at radius 3 is 2.54 bits per heavy atom. The van der Waals surface area contributed by atoms with Crippen LogP contribution in [0.3, 0.4) is 0 Å². The van der Waals surface area contributed by atoms with Gasteiger partial charge in [-0.1, -0.05) is 36.4 Å². The number of carbonyl (C=O) groups excluding carboxylic acids is 1. The van der Waals surface area contributed by atoms with Crippen molar-refractivity contribution in [2.75, 3.05) is 26.3 Å². The molecule has 0 saturated heterocycles. The first-order valence-corrected chi connectivity index (χ1v) is 7.71. The van der Waals surface area contributed by atoms with Gasteiger partial charge in [0.15, 0.2) is 11.5 Å². The van der Waals surface area contributed by atoms with E-state index >= 15 is 0 Å². The summed E-state index contributed by atoms with van der Waals surface area (Å²) in [6, 6.07) is 15.3. The van der Waals surface area contributed by atoms with Gasteiger partial charge in [-0.25, -0.2) is 0 Å². The van der Waals surface area contributed by atoms with E-state index in [0.29, 0.717) is 49.9 Å². The zero-order chi connectivity index (χ0) is 16.1. The van der Waals surface area contributed by atoms with Gasteiger partial charge in [0.2, 0.25) is 0 Å². The average molecular weight is 349 g/mol. The number of rotatable bonds is 5. The van der Waals surface area contributed by atoms with Crippen molar-refractivity contribution in [3.05, 3.63) is 59.7 Å². The molecule has 5 nitrogen and oxygen atoms in total. The second kappa shape index (κ2) is 8.57. The molecule has 0 radical (unpaired) electrons. The number of benzene rings is 2. The molecule has 0 saturated carbocycles. The summed E-state index contributed by atoms with van der Waals surface area (Å²) in [5, 5.41) is 0. The van der Waals surface area contributed by atoms with Crippen molar-refractivity contribution < 1.29 is 14.3 Å². The quantitative estimate of drug-likeness (QED) is 0.901. The van der Waals surface area contributed by atoms with Gasteiger partial charge in [-0.15, -0.1) is 12.4 Å². The molecule has 2 aromatic rings. The number of carbonyl (C=O) groups is 1. The van der Waals surface area contributed by atoms with Gasteiger partial charge in [0.25, 0.3) is 5.91 Å². The Bertz CT molecular complexity index is 679. The van der Waals surface area contributed by atoms with Gasteiger partial charge in [0.05, 0.1) is 5.56 Å². The number of para-hydroxylation sites is 1. The molecular weight excluding hydrogens is 328 g/mol. The third-order valence-electron chi connectivity index (χ3n) is 3.70. The van der Waals surface area contributed by atoms with Crippen LogP contribution in [0.2, 0.25) is 0 Å². The van der Waals surface area contributed by atoms with Gasteiger partial charge in [0, 0.05) is 19.6 Å². The SMILES string of the molecule is Cl.NCCN(Cc1ccccc1)C(=O)c1cccc2c1OCCO2. The van der Waals surface area contributed by atoms with Crippen molar-refractivity contribution in [3.8, 4) is 11.5 Å². The number of halogens is 1. The first kappa shape index (κ1) is 18.1. The standard InChI is InChI=1S/C18H20N2O3.ClH/c19-9-10-20(13-14-5-2-1-3-6-14)18(21)15-7-4-8-16-17(15)23-12-11-22-16;/h1-8H,9-13,19H2;1H. The third kappa shape index (κ3) is 3.99. The first-order chi connectivity index (χ1) is 11.3. The molecule has 3 rings (SSSR count). The lowest BCUT2D eigenvalue weighted by atomic mass is 10.1. The van der Waals surface area contributed by atoms with E-state index < -0.39 is 0 Å². The number of hydrogen-bond acceptors (Lipinski definition) is 4. The molecule has 1 amide bonds. The number of hydrogen-bond donors (Lipinski definition) is 1. The molecule has 0 bridgehead atoms. The number of fused-ring (bicyclic) bond motifs is 1. The molecule has 128 valence electrons. The molecule has 1 aliphatic rings. The van der Waals surface area contributed by atoms with Gasteiger partial charge in [-0.2, -0.15) is 0 Å². The fourth-order valence-electron chi connectivity index (χ4n) is 2.62. The average Bonchev–Trinajstić information content (AvgIpc) is 2.61. The Morgan fingerprint density at radius 2 is 1.79 bits per heavy atom. The van der Waals surface area contributed by atoms with E-state index in [1.165, 1.54) is 0 Å². The predicted molar refractivity (Wildman–Crippen MR) is 94.9 cm³/mol. The highest BCUT2D eigenvalue weighted by atomic mass is 35.5. The largest absolute Gasteiger partial charge is 0.486 e. The Labute approximate surface area is 147 Å². The van der Waals surface area contributed by atoms with Gasteiger partial charge in [0.1, 0.15) is 13.2 Å². The Morgan fingerprint density at radius 1 is 1.04 bits per heavy atom. The van der Waals surface area contributed by atoms with Crippen LogP contribution in [0, 0.1) is 0 Å². The van der Waals surface area contributed by atoms with Crippen LogP contribution in [0.5, 0.6) is 11.5 Å². The van der Waals surface area contributed by atoms with Crippen LogP contribution in [0.15, 0.2) is 48.5 Å². The summed E-state index contributed by atoms with van der Waals surface area (Å²) in [4.78, 5) is 14.7. The van der Waals surface area contributed by atoms with Crippen molar-refractivity contribution in [3.63, 3.8) is 0 Å². The summed E-state index contributed by atoms with van der Waals surface area (Å²) in [6.07, 6.45) is 0. The lowest BCUT2D eigenvalue weighted by molar-refractivity contribution is 0.0737. The monoisotopic (exact) mass is 348 g/mol. The van der Waals surface area contributed by atoms with Crippen LogP contribution in [0.4, 0.5) is 0 Å². The Balaban J connectivity index is 0.00000208. The topological polar surface area (TPSA) is 64.8 Å². The molecule has 1 aliphatic heterocycles. The van der Waals surface area contributed by atoms with Crippen molar-refractivity contribution >= 4 is 18.3 Å². The van der Waals surface area contributed by atoms with Crippen molar-refractivity contribution in [2.24, 2.45) is 5.73 Å². The van der Waals surface area contributed by atoms with Gasteiger partial charge in [-0.3, -0.25) is 4.79 Å². The summed E-state index contributed by atoms with van der Waals surface area (Å²) in [5.41, 5.74) is 7.27. The van der Waals surface area contributed by atoms with E-state index in [2.05, 4.69) is 0 Å². The second-order valence-corrected chi connectivity index (χ2v) is 5.33. The molecule has 6 heteroatoms. The molecule has 0 spiro atoms. The van der Waals surface area contributed by atoms with E-state index in [9.17, 15) is 4.79 Å². The van der Waals surface area contributed by atoms with E-state index in [4.69, 9.17) is 15.2 Å². The highest BCUT2D eigenvalue weighted by molar-refractivity contribution is 5.97. The van der Waals surface area contributed by atoms with Crippen LogP contribution in [-0.2, 0) is 6.54 Å². The molecule has 0 aromatic heterocycles. The van der Waals surface area contributed by atoms with E-state index in [0.717, 1.165) is 5.56 Å². The summed E-state index contributed by atoms with van der Waals surface area (Å²) >= 11 is 0. The van der Waals surface area contributed by atoms with Crippen LogP contribution in [0.25, 0.3) is 0 Å². The Hall–Kier alpha value is -2.24. The van der Waals surface area contributed by atoms with Gasteiger partial charge >= 0.3 is 0 Å². The summed E-state index contributed by atoms with van der Waals surface area (Å²) in [7, 11) is 0. The van der Waals surface area contributed by atoms with Crippen molar-refractivity contribution in [1.82, 2.24) is 4.90 Å². The number of amides is 1. The molecule has 0 unspecified atom stereocenters. The number of nitrogens with two attached hydrogens (primary N) is 1. The van der Waals surface area contributed by atoms with Gasteiger partial charge < -0.3 is 20.1 Å². The summed E-state index contributed by atoms with van der Waals surface area (Å²) < 4.78 is 11.2. The minimum absolute atomic E-state index is 0. The minimum atomic E-state index is -0.0957. The number of ether oxygens (including phenoxy) is 2. The molecular formula is C18H21ClN2O3. The minimum Gasteiger partial charge on any atom is -0.486 e. The molecule has 1 heterocycles. The molecule has 24 heavy (non-hydrogen) atoms. The van der Waals surface area contributed by atoms with Crippen molar-refractivity contribution in [2.45, 2.75) is 6.54 Å². The normalized spacial score (nSPS) is 12.2. The zero-order valence-electron chi connectivity index (χ0n) is 13.3. The maximum absolute atomic E-state index is 12.9. The maximum atomic E-state index is 12.9. The molecule has 0 fully saturated rings. The van der Waals surface area contributed by atoms with Crippen LogP contribution in [-0.4, -0.2) is 37.1 Å².